The molecule has 37 heavy (non-hydrogen) atoms. The van der Waals surface area contributed by atoms with Crippen LogP contribution in [0, 0.1) is 0 Å². The summed E-state index contributed by atoms with van der Waals surface area (Å²) in [4.78, 5) is 18.2. The molecule has 0 bridgehead atoms. The number of nitrogens with zero attached hydrogens (tertiary/aromatic N) is 3. The number of hydrogen-bond donors (Lipinski definition) is 0. The van der Waals surface area contributed by atoms with Crippen molar-refractivity contribution in [3.8, 4) is 17.3 Å². The van der Waals surface area contributed by atoms with Gasteiger partial charge in [0.05, 0.1) is 17.1 Å². The van der Waals surface area contributed by atoms with E-state index < -0.39 is 0 Å². The summed E-state index contributed by atoms with van der Waals surface area (Å²) in [5.41, 5.74) is 2.66. The number of rotatable bonds is 6. The van der Waals surface area contributed by atoms with Gasteiger partial charge in [0.1, 0.15) is 17.9 Å². The average molecular weight is 506 g/mol. The number of ether oxygens (including phenoxy) is 1. The molecule has 6 rings (SSSR count). The van der Waals surface area contributed by atoms with Crippen molar-refractivity contribution < 1.29 is 9.15 Å². The molecule has 0 aliphatic heterocycles. The van der Waals surface area contributed by atoms with E-state index in [9.17, 15) is 4.79 Å². The molecule has 6 aromatic rings. The second-order valence-corrected chi connectivity index (χ2v) is 8.86. The molecule has 2 aromatic heterocycles. The number of halogens is 1. The molecule has 0 atom stereocenters. The van der Waals surface area contributed by atoms with Crippen LogP contribution in [0.3, 0.4) is 0 Å². The SMILES string of the molecule is O=c1c2ccccc2nc(-c2cc3cc(Cl)ccc3o2)n1N=Cc1ccccc1OCc1ccccc1. The van der Waals surface area contributed by atoms with Crippen LogP contribution >= 0.6 is 11.6 Å². The minimum absolute atomic E-state index is 0.287. The van der Waals surface area contributed by atoms with Crippen LogP contribution in [0.1, 0.15) is 11.1 Å². The minimum atomic E-state index is -0.307. The zero-order chi connectivity index (χ0) is 25.2. The highest BCUT2D eigenvalue weighted by Crippen LogP contribution is 2.29. The highest BCUT2D eigenvalue weighted by molar-refractivity contribution is 6.31. The normalized spacial score (nSPS) is 11.5. The molecule has 0 N–H and O–H groups in total. The maximum atomic E-state index is 13.5. The van der Waals surface area contributed by atoms with Gasteiger partial charge in [-0.3, -0.25) is 4.79 Å². The van der Waals surface area contributed by atoms with Gasteiger partial charge in [-0.15, -0.1) is 0 Å². The smallest absolute Gasteiger partial charge is 0.282 e. The lowest BCUT2D eigenvalue weighted by molar-refractivity contribution is 0.306. The van der Waals surface area contributed by atoms with E-state index in [1.54, 1.807) is 48.7 Å². The summed E-state index contributed by atoms with van der Waals surface area (Å²) in [6, 6.07) is 31.8. The number of aromatic nitrogens is 2. The Kier molecular flexibility index (Phi) is 6.00. The fourth-order valence-corrected chi connectivity index (χ4v) is 4.27. The van der Waals surface area contributed by atoms with Crippen LogP contribution in [0.25, 0.3) is 33.5 Å². The molecule has 0 spiro atoms. The van der Waals surface area contributed by atoms with E-state index in [2.05, 4.69) is 5.10 Å². The highest BCUT2D eigenvalue weighted by atomic mass is 35.5. The van der Waals surface area contributed by atoms with Crippen molar-refractivity contribution in [1.29, 1.82) is 0 Å². The molecular formula is C30H20ClN3O3. The molecule has 6 nitrogen and oxygen atoms in total. The molecule has 0 fully saturated rings. The molecule has 0 saturated carbocycles. The van der Waals surface area contributed by atoms with Gasteiger partial charge in [0.15, 0.2) is 5.76 Å². The Morgan fingerprint density at radius 3 is 2.59 bits per heavy atom. The lowest BCUT2D eigenvalue weighted by atomic mass is 10.2. The molecule has 0 radical (unpaired) electrons. The second kappa shape index (κ2) is 9.76. The molecule has 180 valence electrons. The van der Waals surface area contributed by atoms with E-state index >= 15 is 0 Å². The third-order valence-corrected chi connectivity index (χ3v) is 6.16. The highest BCUT2D eigenvalue weighted by Gasteiger charge is 2.17. The third-order valence-electron chi connectivity index (χ3n) is 5.92. The predicted molar refractivity (Wildman–Crippen MR) is 146 cm³/mol. The zero-order valence-corrected chi connectivity index (χ0v) is 20.3. The van der Waals surface area contributed by atoms with Crippen LogP contribution in [-0.2, 0) is 6.61 Å². The van der Waals surface area contributed by atoms with Crippen molar-refractivity contribution in [3.63, 3.8) is 0 Å². The van der Waals surface area contributed by atoms with Gasteiger partial charge in [-0.05, 0) is 54.1 Å². The Morgan fingerprint density at radius 1 is 0.919 bits per heavy atom. The maximum Gasteiger partial charge on any atom is 0.282 e. The number of fused-ring (bicyclic) bond motifs is 2. The summed E-state index contributed by atoms with van der Waals surface area (Å²) >= 11 is 6.16. The zero-order valence-electron chi connectivity index (χ0n) is 19.5. The van der Waals surface area contributed by atoms with Gasteiger partial charge >= 0.3 is 0 Å². The standard InChI is InChI=1S/C30H20ClN3O3/c31-23-14-15-27-22(16-23)17-28(37-27)29-33-25-12-6-5-11-24(25)30(35)34(29)32-18-21-10-4-7-13-26(21)36-19-20-8-2-1-3-9-20/h1-18H,19H2. The van der Waals surface area contributed by atoms with Crippen molar-refractivity contribution in [2.24, 2.45) is 5.10 Å². The van der Waals surface area contributed by atoms with E-state index in [0.29, 0.717) is 39.6 Å². The first-order valence-corrected chi connectivity index (χ1v) is 12.0. The number of furan rings is 1. The lowest BCUT2D eigenvalue weighted by Crippen LogP contribution is -2.20. The Hall–Kier alpha value is -4.68. The van der Waals surface area contributed by atoms with Crippen LogP contribution < -0.4 is 10.3 Å². The summed E-state index contributed by atoms with van der Waals surface area (Å²) in [6.07, 6.45) is 1.60. The molecule has 2 heterocycles. The van der Waals surface area contributed by atoms with Gasteiger partial charge in [0.2, 0.25) is 5.82 Å². The van der Waals surface area contributed by atoms with E-state index in [0.717, 1.165) is 16.5 Å². The monoisotopic (exact) mass is 505 g/mol. The van der Waals surface area contributed by atoms with Crippen LogP contribution in [0.2, 0.25) is 5.02 Å². The molecule has 7 heteroatoms. The quantitative estimate of drug-likeness (QED) is 0.230. The topological polar surface area (TPSA) is 69.6 Å². The largest absolute Gasteiger partial charge is 0.488 e. The van der Waals surface area contributed by atoms with Crippen LogP contribution in [0.15, 0.2) is 117 Å². The molecule has 0 aliphatic carbocycles. The summed E-state index contributed by atoms with van der Waals surface area (Å²) in [5.74, 6) is 1.35. The molecule has 0 aliphatic rings. The molecule has 4 aromatic carbocycles. The first-order valence-electron chi connectivity index (χ1n) is 11.7. The van der Waals surface area contributed by atoms with Gasteiger partial charge in [0.25, 0.3) is 5.56 Å². The minimum Gasteiger partial charge on any atom is -0.488 e. The summed E-state index contributed by atoms with van der Waals surface area (Å²) < 4.78 is 13.3. The molecule has 0 unspecified atom stereocenters. The van der Waals surface area contributed by atoms with Crippen molar-refractivity contribution >= 4 is 39.7 Å². The van der Waals surface area contributed by atoms with Crippen molar-refractivity contribution in [3.05, 3.63) is 130 Å². The summed E-state index contributed by atoms with van der Waals surface area (Å²) in [7, 11) is 0. The van der Waals surface area contributed by atoms with Crippen LogP contribution in [0.4, 0.5) is 0 Å². The molecule has 0 saturated heterocycles. The van der Waals surface area contributed by atoms with Gasteiger partial charge in [-0.25, -0.2) is 4.98 Å². The summed E-state index contributed by atoms with van der Waals surface area (Å²) in [6.45, 7) is 0.413. The number of benzene rings is 4. The Morgan fingerprint density at radius 2 is 1.70 bits per heavy atom. The van der Waals surface area contributed by atoms with Crippen molar-refractivity contribution in [1.82, 2.24) is 9.66 Å². The third kappa shape index (κ3) is 4.62. The van der Waals surface area contributed by atoms with Crippen molar-refractivity contribution in [2.75, 3.05) is 0 Å². The van der Waals surface area contributed by atoms with Crippen LogP contribution in [0.5, 0.6) is 5.75 Å². The Balaban J connectivity index is 1.44. The van der Waals surface area contributed by atoms with Gasteiger partial charge in [-0.1, -0.05) is 66.2 Å². The second-order valence-electron chi connectivity index (χ2n) is 8.42. The Bertz CT molecular complexity index is 1820. The average Bonchev–Trinajstić information content (AvgIpc) is 3.35. The number of para-hydroxylation sites is 2. The van der Waals surface area contributed by atoms with E-state index in [4.69, 9.17) is 25.7 Å². The number of hydrogen-bond acceptors (Lipinski definition) is 5. The molecular weight excluding hydrogens is 486 g/mol. The maximum absolute atomic E-state index is 13.5. The fraction of sp³-hybridized carbons (Fsp3) is 0.0333. The van der Waals surface area contributed by atoms with E-state index in [1.165, 1.54) is 4.68 Å². The van der Waals surface area contributed by atoms with Gasteiger partial charge in [-0.2, -0.15) is 9.78 Å². The predicted octanol–water partition coefficient (Wildman–Crippen LogP) is 6.92. The fourth-order valence-electron chi connectivity index (χ4n) is 4.09. The Labute approximate surface area is 217 Å². The van der Waals surface area contributed by atoms with E-state index in [-0.39, 0.29) is 11.4 Å². The first kappa shape index (κ1) is 22.8. The van der Waals surface area contributed by atoms with Crippen LogP contribution in [-0.4, -0.2) is 15.9 Å². The first-order chi connectivity index (χ1) is 18.2. The van der Waals surface area contributed by atoms with Gasteiger partial charge < -0.3 is 9.15 Å². The van der Waals surface area contributed by atoms with Gasteiger partial charge in [0, 0.05) is 16.0 Å². The van der Waals surface area contributed by atoms with Crippen molar-refractivity contribution in [2.45, 2.75) is 6.61 Å². The van der Waals surface area contributed by atoms with E-state index in [1.807, 2.05) is 60.7 Å². The molecule has 0 amide bonds. The lowest BCUT2D eigenvalue weighted by Gasteiger charge is -2.10. The summed E-state index contributed by atoms with van der Waals surface area (Å²) in [5, 5.41) is 6.41.